The summed E-state index contributed by atoms with van der Waals surface area (Å²) in [5, 5.41) is 13.3. The number of nitrogens with one attached hydrogen (secondary N) is 1. The maximum Gasteiger partial charge on any atom is 0.272 e. The number of carbonyl (C=O) groups excluding carboxylic acids is 1. The van der Waals surface area contributed by atoms with Gasteiger partial charge in [-0.1, -0.05) is 6.92 Å². The van der Waals surface area contributed by atoms with Crippen LogP contribution in [-0.2, 0) is 9.53 Å². The molecular weight excluding hydrogens is 248 g/mol. The van der Waals surface area contributed by atoms with Gasteiger partial charge in [-0.2, -0.15) is 0 Å². The molecule has 1 rings (SSSR count). The molecule has 0 aliphatic heterocycles. The third-order valence-electron chi connectivity index (χ3n) is 2.75. The summed E-state index contributed by atoms with van der Waals surface area (Å²) >= 11 is 0. The number of nitro groups is 1. The second-order valence-electron chi connectivity index (χ2n) is 4.34. The van der Waals surface area contributed by atoms with Crippen molar-refractivity contribution in [2.45, 2.75) is 33.3 Å². The van der Waals surface area contributed by atoms with Gasteiger partial charge >= 0.3 is 0 Å². The van der Waals surface area contributed by atoms with Gasteiger partial charge in [0.05, 0.1) is 11.0 Å². The van der Waals surface area contributed by atoms with Crippen molar-refractivity contribution in [1.29, 1.82) is 0 Å². The predicted octanol–water partition coefficient (Wildman–Crippen LogP) is 2.66. The summed E-state index contributed by atoms with van der Waals surface area (Å²) < 4.78 is 5.30. The minimum absolute atomic E-state index is 0.0228. The maximum absolute atomic E-state index is 11.6. The highest BCUT2D eigenvalue weighted by molar-refractivity contribution is 5.91. The highest BCUT2D eigenvalue weighted by atomic mass is 16.6. The van der Waals surface area contributed by atoms with E-state index in [0.717, 1.165) is 6.42 Å². The lowest BCUT2D eigenvalue weighted by Crippen LogP contribution is -2.21. The molecule has 1 amide bonds. The van der Waals surface area contributed by atoms with Crippen molar-refractivity contribution in [2.24, 2.45) is 0 Å². The SMILES string of the molecule is CCC(C)OCC(=O)Nc1ccc([N+](=O)[O-])c(C)c1. The molecule has 0 aliphatic rings. The third kappa shape index (κ3) is 4.67. The van der Waals surface area contributed by atoms with Crippen LogP contribution in [0.2, 0.25) is 0 Å². The molecule has 1 unspecified atom stereocenters. The van der Waals surface area contributed by atoms with Crippen LogP contribution in [0, 0.1) is 17.0 Å². The van der Waals surface area contributed by atoms with Crippen molar-refractivity contribution in [3.63, 3.8) is 0 Å². The number of hydrogen-bond acceptors (Lipinski definition) is 4. The van der Waals surface area contributed by atoms with Crippen molar-refractivity contribution in [2.75, 3.05) is 11.9 Å². The molecule has 0 fully saturated rings. The highest BCUT2D eigenvalue weighted by Crippen LogP contribution is 2.21. The fraction of sp³-hybridized carbons (Fsp3) is 0.462. The Balaban J connectivity index is 2.60. The Labute approximate surface area is 111 Å². The first-order valence-corrected chi connectivity index (χ1v) is 6.10. The first-order chi connectivity index (χ1) is 8.93. The highest BCUT2D eigenvalue weighted by Gasteiger charge is 2.11. The molecule has 0 saturated carbocycles. The van der Waals surface area contributed by atoms with Crippen LogP contribution in [0.5, 0.6) is 0 Å². The topological polar surface area (TPSA) is 81.5 Å². The Kier molecular flexibility index (Phi) is 5.44. The van der Waals surface area contributed by atoms with E-state index in [2.05, 4.69) is 5.32 Å². The van der Waals surface area contributed by atoms with Gasteiger partial charge in [0.15, 0.2) is 0 Å². The van der Waals surface area contributed by atoms with Gasteiger partial charge in [0, 0.05) is 17.3 Å². The van der Waals surface area contributed by atoms with E-state index in [1.54, 1.807) is 13.0 Å². The molecule has 0 aromatic heterocycles. The first-order valence-electron chi connectivity index (χ1n) is 6.10. The fourth-order valence-corrected chi connectivity index (χ4v) is 1.47. The van der Waals surface area contributed by atoms with E-state index in [4.69, 9.17) is 4.74 Å². The number of carbonyl (C=O) groups is 1. The summed E-state index contributed by atoms with van der Waals surface area (Å²) in [6, 6.07) is 4.45. The molecule has 1 N–H and O–H groups in total. The van der Waals surface area contributed by atoms with Gasteiger partial charge in [0.25, 0.3) is 5.69 Å². The number of rotatable bonds is 6. The van der Waals surface area contributed by atoms with E-state index < -0.39 is 4.92 Å². The van der Waals surface area contributed by atoms with E-state index in [1.807, 2.05) is 13.8 Å². The molecule has 0 saturated heterocycles. The van der Waals surface area contributed by atoms with Crippen LogP contribution >= 0.6 is 0 Å². The van der Waals surface area contributed by atoms with E-state index in [-0.39, 0.29) is 24.3 Å². The summed E-state index contributed by atoms with van der Waals surface area (Å²) in [5.41, 5.74) is 1.07. The van der Waals surface area contributed by atoms with Crippen molar-refractivity contribution in [3.05, 3.63) is 33.9 Å². The molecule has 1 aromatic carbocycles. The van der Waals surface area contributed by atoms with E-state index in [9.17, 15) is 14.9 Å². The molecule has 0 radical (unpaired) electrons. The van der Waals surface area contributed by atoms with Crippen molar-refractivity contribution in [3.8, 4) is 0 Å². The van der Waals surface area contributed by atoms with Gasteiger partial charge < -0.3 is 10.1 Å². The van der Waals surface area contributed by atoms with E-state index >= 15 is 0 Å². The lowest BCUT2D eigenvalue weighted by atomic mass is 10.2. The number of anilines is 1. The molecule has 0 bridgehead atoms. The predicted molar refractivity (Wildman–Crippen MR) is 72.2 cm³/mol. The third-order valence-corrected chi connectivity index (χ3v) is 2.75. The normalized spacial score (nSPS) is 11.9. The zero-order chi connectivity index (χ0) is 14.4. The summed E-state index contributed by atoms with van der Waals surface area (Å²) in [4.78, 5) is 21.8. The maximum atomic E-state index is 11.6. The molecule has 1 atom stereocenters. The van der Waals surface area contributed by atoms with Gasteiger partial charge in [-0.25, -0.2) is 0 Å². The van der Waals surface area contributed by atoms with Gasteiger partial charge in [-0.05, 0) is 32.4 Å². The second-order valence-corrected chi connectivity index (χ2v) is 4.34. The summed E-state index contributed by atoms with van der Waals surface area (Å²) in [5.74, 6) is -0.270. The van der Waals surface area contributed by atoms with Gasteiger partial charge in [0.2, 0.25) is 5.91 Å². The van der Waals surface area contributed by atoms with Crippen LogP contribution in [0.4, 0.5) is 11.4 Å². The smallest absolute Gasteiger partial charge is 0.272 e. The summed E-state index contributed by atoms with van der Waals surface area (Å²) in [7, 11) is 0. The van der Waals surface area contributed by atoms with Crippen molar-refractivity contribution >= 4 is 17.3 Å². The van der Waals surface area contributed by atoms with Crippen LogP contribution in [0.15, 0.2) is 18.2 Å². The minimum Gasteiger partial charge on any atom is -0.369 e. The van der Waals surface area contributed by atoms with Crippen LogP contribution in [0.1, 0.15) is 25.8 Å². The first kappa shape index (κ1) is 15.1. The number of nitrogens with zero attached hydrogens (tertiary/aromatic N) is 1. The lowest BCUT2D eigenvalue weighted by molar-refractivity contribution is -0.385. The molecule has 104 valence electrons. The largest absolute Gasteiger partial charge is 0.369 e. The van der Waals surface area contributed by atoms with Gasteiger partial charge in [-0.3, -0.25) is 14.9 Å². The second kappa shape index (κ2) is 6.84. The monoisotopic (exact) mass is 266 g/mol. The number of ether oxygens (including phenoxy) is 1. The Bertz CT molecular complexity index is 474. The standard InChI is InChI=1S/C13H18N2O4/c1-4-10(3)19-8-13(16)14-11-5-6-12(15(17)18)9(2)7-11/h5-7,10H,4,8H2,1-3H3,(H,14,16). The molecular formula is C13H18N2O4. The van der Waals surface area contributed by atoms with E-state index in [1.165, 1.54) is 12.1 Å². The van der Waals surface area contributed by atoms with Crippen molar-refractivity contribution < 1.29 is 14.5 Å². The van der Waals surface area contributed by atoms with Crippen LogP contribution in [0.25, 0.3) is 0 Å². The molecule has 6 heteroatoms. The molecule has 6 nitrogen and oxygen atoms in total. The van der Waals surface area contributed by atoms with Gasteiger partial charge in [0.1, 0.15) is 6.61 Å². The quantitative estimate of drug-likeness (QED) is 0.634. The van der Waals surface area contributed by atoms with Gasteiger partial charge in [-0.15, -0.1) is 0 Å². The molecule has 1 aromatic rings. The fourth-order valence-electron chi connectivity index (χ4n) is 1.47. The summed E-state index contributed by atoms with van der Waals surface area (Å²) in [6.45, 7) is 5.47. The minimum atomic E-state index is -0.451. The summed E-state index contributed by atoms with van der Waals surface area (Å²) in [6.07, 6.45) is 0.869. The molecule has 0 aliphatic carbocycles. The molecule has 0 spiro atoms. The number of nitro benzene ring substituents is 1. The van der Waals surface area contributed by atoms with E-state index in [0.29, 0.717) is 11.3 Å². The molecule has 19 heavy (non-hydrogen) atoms. The van der Waals surface area contributed by atoms with Crippen molar-refractivity contribution in [1.82, 2.24) is 0 Å². The Morgan fingerprint density at radius 1 is 1.53 bits per heavy atom. The lowest BCUT2D eigenvalue weighted by Gasteiger charge is -2.11. The number of benzene rings is 1. The number of aryl methyl sites for hydroxylation is 1. The Hall–Kier alpha value is -1.95. The van der Waals surface area contributed by atoms with Crippen LogP contribution in [0.3, 0.4) is 0 Å². The Morgan fingerprint density at radius 2 is 2.21 bits per heavy atom. The Morgan fingerprint density at radius 3 is 2.74 bits per heavy atom. The van der Waals surface area contributed by atoms with Crippen LogP contribution < -0.4 is 5.32 Å². The zero-order valence-electron chi connectivity index (χ0n) is 11.3. The molecule has 0 heterocycles. The number of amides is 1. The zero-order valence-corrected chi connectivity index (χ0v) is 11.3. The average molecular weight is 266 g/mol. The van der Waals surface area contributed by atoms with Crippen LogP contribution in [-0.4, -0.2) is 23.5 Å². The number of hydrogen-bond donors (Lipinski definition) is 1. The average Bonchev–Trinajstić information content (AvgIpc) is 2.35.